The van der Waals surface area contributed by atoms with Gasteiger partial charge < -0.3 is 4.42 Å². The fraction of sp³-hybridized carbons (Fsp3) is 0.0789. The maximum atomic E-state index is 8.31. The zero-order valence-corrected chi connectivity index (χ0v) is 21.6. The van der Waals surface area contributed by atoms with Crippen LogP contribution in [0.4, 0.5) is 0 Å². The van der Waals surface area contributed by atoms with Gasteiger partial charge in [-0.1, -0.05) is 85.0 Å². The van der Waals surface area contributed by atoms with Crippen molar-refractivity contribution < 1.29 is 8.53 Å². The van der Waals surface area contributed by atoms with E-state index in [2.05, 4.69) is 85.0 Å². The monoisotopic (exact) mass is 514 g/mol. The number of fused-ring (bicyclic) bond motifs is 11. The van der Waals surface area contributed by atoms with Crippen molar-refractivity contribution in [1.29, 1.82) is 0 Å². The predicted molar refractivity (Wildman–Crippen MR) is 165 cm³/mol. The molecular formula is C38H25NO. The summed E-state index contributed by atoms with van der Waals surface area (Å²) < 4.78 is 31.8. The quantitative estimate of drug-likeness (QED) is 0.202. The van der Waals surface area contributed by atoms with Crippen LogP contribution in [0.1, 0.15) is 32.3 Å². The lowest BCUT2D eigenvalue weighted by atomic mass is 9.74. The highest BCUT2D eigenvalue weighted by atomic mass is 16.3. The van der Waals surface area contributed by atoms with Crippen LogP contribution in [-0.4, -0.2) is 4.98 Å². The van der Waals surface area contributed by atoms with Crippen LogP contribution < -0.4 is 0 Å². The molecular weight excluding hydrogens is 486 g/mol. The van der Waals surface area contributed by atoms with E-state index in [0.29, 0.717) is 11.3 Å². The Morgan fingerprint density at radius 3 is 2.40 bits per heavy atom. The summed E-state index contributed by atoms with van der Waals surface area (Å²) in [6, 6.07) is 29.1. The summed E-state index contributed by atoms with van der Waals surface area (Å²) in [5, 5.41) is 2.10. The van der Waals surface area contributed by atoms with Crippen molar-refractivity contribution in [1.82, 2.24) is 4.98 Å². The van der Waals surface area contributed by atoms with Crippen molar-refractivity contribution in [2.24, 2.45) is 5.92 Å². The topological polar surface area (TPSA) is 26.0 Å². The number of aryl methyl sites for hydroxylation is 1. The van der Waals surface area contributed by atoms with Crippen LogP contribution in [0.25, 0.3) is 67.1 Å². The zero-order chi connectivity index (χ0) is 28.9. The predicted octanol–water partition coefficient (Wildman–Crippen LogP) is 9.98. The SMILES string of the molecule is [2H]C([2H])([2H])c1cnc2cc1-c1cccc(c1)-c1cccc(c1)C1=CC3c4c(ccc5c4oc4c-2cccc45)C=CC3C=C1. The molecule has 2 heteroatoms. The Kier molecular flexibility index (Phi) is 3.85. The third-order valence-electron chi connectivity index (χ3n) is 8.73. The van der Waals surface area contributed by atoms with Gasteiger partial charge in [0.2, 0.25) is 0 Å². The highest BCUT2D eigenvalue weighted by Gasteiger charge is 2.30. The lowest BCUT2D eigenvalue weighted by Crippen LogP contribution is -2.15. The summed E-state index contributed by atoms with van der Waals surface area (Å²) in [4.78, 5) is 4.71. The van der Waals surface area contributed by atoms with Crippen LogP contribution in [0.15, 0.2) is 120 Å². The number of furan rings is 1. The third-order valence-corrected chi connectivity index (χ3v) is 8.73. The van der Waals surface area contributed by atoms with E-state index in [4.69, 9.17) is 13.5 Å². The maximum Gasteiger partial charge on any atom is 0.144 e. The van der Waals surface area contributed by atoms with Gasteiger partial charge in [0.1, 0.15) is 11.2 Å². The minimum atomic E-state index is -2.32. The summed E-state index contributed by atoms with van der Waals surface area (Å²) in [5.41, 5.74) is 11.7. The Labute approximate surface area is 236 Å². The molecule has 2 nitrogen and oxygen atoms in total. The number of para-hydroxylation sites is 1. The molecule has 2 aromatic heterocycles. The molecule has 0 N–H and O–H groups in total. The zero-order valence-electron chi connectivity index (χ0n) is 24.6. The first-order valence-electron chi connectivity index (χ1n) is 15.2. The summed E-state index contributed by atoms with van der Waals surface area (Å²) in [6.45, 7) is -2.32. The summed E-state index contributed by atoms with van der Waals surface area (Å²) >= 11 is 0. The van der Waals surface area contributed by atoms with Crippen LogP contribution in [0.3, 0.4) is 0 Å². The number of pyridine rings is 1. The molecule has 0 saturated heterocycles. The molecule has 0 saturated carbocycles. The second-order valence-corrected chi connectivity index (χ2v) is 10.9. The molecule has 2 atom stereocenters. The van der Waals surface area contributed by atoms with E-state index < -0.39 is 6.85 Å². The number of hydrogen-bond acceptors (Lipinski definition) is 2. The molecule has 188 valence electrons. The van der Waals surface area contributed by atoms with Gasteiger partial charge in [-0.15, -0.1) is 0 Å². The van der Waals surface area contributed by atoms with Crippen molar-refractivity contribution in [3.8, 4) is 33.5 Å². The Hall–Kier alpha value is -4.95. The molecule has 0 amide bonds. The fourth-order valence-corrected chi connectivity index (χ4v) is 6.74. The Morgan fingerprint density at radius 2 is 1.50 bits per heavy atom. The van der Waals surface area contributed by atoms with Crippen LogP contribution in [0, 0.1) is 12.8 Å². The first kappa shape index (κ1) is 19.2. The molecule has 4 aromatic carbocycles. The number of nitrogens with zero attached hydrogens (tertiary/aromatic N) is 1. The molecule has 2 unspecified atom stereocenters. The van der Waals surface area contributed by atoms with Crippen molar-refractivity contribution in [3.63, 3.8) is 0 Å². The van der Waals surface area contributed by atoms with Crippen LogP contribution >= 0.6 is 0 Å². The molecule has 0 spiro atoms. The van der Waals surface area contributed by atoms with Crippen LogP contribution in [-0.2, 0) is 0 Å². The van der Waals surface area contributed by atoms with Gasteiger partial charge in [-0.05, 0) is 81.7 Å². The van der Waals surface area contributed by atoms with Crippen molar-refractivity contribution in [2.45, 2.75) is 12.8 Å². The number of aromatic nitrogens is 1. The average Bonchev–Trinajstić information content (AvgIpc) is 3.42. The van der Waals surface area contributed by atoms with Gasteiger partial charge in [-0.25, -0.2) is 0 Å². The molecule has 0 fully saturated rings. The third kappa shape index (κ3) is 3.08. The van der Waals surface area contributed by atoms with Gasteiger partial charge in [0, 0.05) is 44.0 Å². The fourth-order valence-electron chi connectivity index (χ4n) is 6.74. The molecule has 2 aliphatic carbocycles. The van der Waals surface area contributed by atoms with E-state index in [9.17, 15) is 0 Å². The molecule has 40 heavy (non-hydrogen) atoms. The Bertz CT molecular complexity index is 2250. The Morgan fingerprint density at radius 1 is 0.725 bits per heavy atom. The van der Waals surface area contributed by atoms with Crippen molar-refractivity contribution in [3.05, 3.63) is 138 Å². The number of benzene rings is 4. The van der Waals surface area contributed by atoms with E-state index in [-0.39, 0.29) is 17.4 Å². The minimum Gasteiger partial charge on any atom is -0.455 e. The molecule has 3 heterocycles. The van der Waals surface area contributed by atoms with Gasteiger partial charge in [0.05, 0.1) is 5.69 Å². The van der Waals surface area contributed by atoms with Crippen LogP contribution in [0.5, 0.6) is 0 Å². The van der Waals surface area contributed by atoms with Gasteiger partial charge >= 0.3 is 0 Å². The van der Waals surface area contributed by atoms with E-state index in [1.807, 2.05) is 30.3 Å². The second-order valence-electron chi connectivity index (χ2n) is 10.9. The Balaban J connectivity index is 1.42. The minimum absolute atomic E-state index is 0.138. The van der Waals surface area contributed by atoms with Gasteiger partial charge in [-0.2, -0.15) is 0 Å². The summed E-state index contributed by atoms with van der Waals surface area (Å²) in [7, 11) is 0. The lowest BCUT2D eigenvalue weighted by Gasteiger charge is -2.29. The molecule has 3 aliphatic rings. The highest BCUT2D eigenvalue weighted by Crippen LogP contribution is 2.47. The van der Waals surface area contributed by atoms with Gasteiger partial charge in [-0.3, -0.25) is 4.98 Å². The smallest absolute Gasteiger partial charge is 0.144 e. The number of rotatable bonds is 0. The van der Waals surface area contributed by atoms with Crippen molar-refractivity contribution >= 4 is 33.6 Å². The summed E-state index contributed by atoms with van der Waals surface area (Å²) in [5.74, 6) is 0.381. The highest BCUT2D eigenvalue weighted by molar-refractivity contribution is 6.11. The van der Waals surface area contributed by atoms with Crippen molar-refractivity contribution in [2.75, 3.05) is 0 Å². The van der Waals surface area contributed by atoms with E-state index in [1.54, 1.807) is 0 Å². The molecule has 0 radical (unpaired) electrons. The summed E-state index contributed by atoms with van der Waals surface area (Å²) in [6.07, 6.45) is 12.9. The second kappa shape index (κ2) is 8.03. The van der Waals surface area contributed by atoms with E-state index in [0.717, 1.165) is 49.8 Å². The largest absolute Gasteiger partial charge is 0.455 e. The number of hydrogen-bond donors (Lipinski definition) is 0. The first-order chi connectivity index (χ1) is 20.9. The molecule has 10 bridgehead atoms. The maximum absolute atomic E-state index is 8.31. The standard InChI is InChI=1S/C38H25NO/c1-22-21-39-35-20-33(22)29-8-3-7-27(18-29)25-5-2-6-26(17-25)28-14-12-23-11-13-24-15-16-31-30-9-4-10-32(35)37(30)40-38(31)36(24)34(23)19-28/h2-21,23,34H,1H3/i1D3. The number of allylic oxidation sites excluding steroid dienone is 5. The molecule has 6 aromatic rings. The van der Waals surface area contributed by atoms with Crippen LogP contribution in [0.2, 0.25) is 0 Å². The average molecular weight is 515 g/mol. The van der Waals surface area contributed by atoms with E-state index in [1.165, 1.54) is 22.9 Å². The molecule has 9 rings (SSSR count). The first-order valence-corrected chi connectivity index (χ1v) is 13.7. The van der Waals surface area contributed by atoms with Gasteiger partial charge in [0.25, 0.3) is 0 Å². The lowest BCUT2D eigenvalue weighted by molar-refractivity contribution is 0.638. The molecule has 1 aliphatic heterocycles. The normalized spacial score (nSPS) is 19.5. The van der Waals surface area contributed by atoms with E-state index >= 15 is 0 Å². The van der Waals surface area contributed by atoms with Gasteiger partial charge in [0.15, 0.2) is 0 Å².